The molecule has 0 atom stereocenters. The summed E-state index contributed by atoms with van der Waals surface area (Å²) in [4.78, 5) is 18.4. The van der Waals surface area contributed by atoms with Crippen molar-refractivity contribution in [2.24, 2.45) is 5.41 Å². The molecule has 2 heterocycles. The third-order valence-corrected chi connectivity index (χ3v) is 6.96. The fourth-order valence-electron chi connectivity index (χ4n) is 4.66. The quantitative estimate of drug-likeness (QED) is 0.403. The number of carboxylic acids is 1. The molecule has 7 heteroatoms. The second-order valence-corrected chi connectivity index (χ2v) is 10.1. The average molecular weight is 495 g/mol. The van der Waals surface area contributed by atoms with Crippen LogP contribution < -0.4 is 9.64 Å². The van der Waals surface area contributed by atoms with Gasteiger partial charge in [-0.15, -0.1) is 0 Å². The maximum Gasteiger partial charge on any atom is 0.307 e. The molecule has 190 valence electrons. The van der Waals surface area contributed by atoms with Crippen molar-refractivity contribution < 1.29 is 23.4 Å². The van der Waals surface area contributed by atoms with Crippen molar-refractivity contribution >= 4 is 11.7 Å². The molecule has 1 fully saturated rings. The standard InChI is InChI=1S/C29H32F2N2O3/c1-19-22(17-27(34)35)28(33-13-11-29(2,3)12-14-33)23(18-32-19)21-8-9-26(25(31)16-21)36-15-10-20-6-4-5-7-24(20)30/h4-9,16,18H,10-15,17H2,1-3H3,(H,34,35). The minimum Gasteiger partial charge on any atom is -0.490 e. The Morgan fingerprint density at radius 2 is 1.83 bits per heavy atom. The SMILES string of the molecule is Cc1ncc(-c2ccc(OCCc3ccccc3F)c(F)c2)c(N2CCC(C)(C)CC2)c1CC(=O)O. The average Bonchev–Trinajstić information content (AvgIpc) is 2.82. The van der Waals surface area contributed by atoms with E-state index in [0.717, 1.165) is 31.6 Å². The van der Waals surface area contributed by atoms with E-state index in [-0.39, 0.29) is 30.0 Å². The first kappa shape index (κ1) is 25.6. The maximum absolute atomic E-state index is 15.1. The van der Waals surface area contributed by atoms with Gasteiger partial charge in [0.25, 0.3) is 0 Å². The van der Waals surface area contributed by atoms with Crippen LogP contribution in [0.5, 0.6) is 5.75 Å². The number of aryl methyl sites for hydroxylation is 1. The molecule has 0 amide bonds. The van der Waals surface area contributed by atoms with E-state index in [2.05, 4.69) is 23.7 Å². The maximum atomic E-state index is 15.1. The van der Waals surface area contributed by atoms with Gasteiger partial charge in [-0.1, -0.05) is 38.1 Å². The number of piperidine rings is 1. The number of ether oxygens (including phenoxy) is 1. The van der Waals surface area contributed by atoms with Crippen molar-refractivity contribution in [3.8, 4) is 16.9 Å². The monoisotopic (exact) mass is 494 g/mol. The van der Waals surface area contributed by atoms with Crippen LogP contribution in [-0.2, 0) is 17.6 Å². The van der Waals surface area contributed by atoms with Gasteiger partial charge in [-0.25, -0.2) is 8.78 Å². The van der Waals surface area contributed by atoms with E-state index in [9.17, 15) is 14.3 Å². The van der Waals surface area contributed by atoms with E-state index in [0.29, 0.717) is 34.4 Å². The number of carbonyl (C=O) groups is 1. The first-order valence-corrected chi connectivity index (χ1v) is 12.3. The number of benzene rings is 2. The van der Waals surface area contributed by atoms with E-state index in [1.54, 1.807) is 36.5 Å². The second-order valence-electron chi connectivity index (χ2n) is 10.1. The largest absolute Gasteiger partial charge is 0.490 e. The van der Waals surface area contributed by atoms with E-state index >= 15 is 4.39 Å². The zero-order valence-corrected chi connectivity index (χ0v) is 21.0. The summed E-state index contributed by atoms with van der Waals surface area (Å²) < 4.78 is 34.5. The van der Waals surface area contributed by atoms with Crippen LogP contribution in [0, 0.1) is 24.0 Å². The van der Waals surface area contributed by atoms with Gasteiger partial charge in [0, 0.05) is 42.5 Å². The van der Waals surface area contributed by atoms with Gasteiger partial charge in [0.15, 0.2) is 11.6 Å². The van der Waals surface area contributed by atoms with Crippen LogP contribution in [-0.4, -0.2) is 35.8 Å². The molecule has 1 saturated heterocycles. The zero-order valence-electron chi connectivity index (χ0n) is 21.0. The van der Waals surface area contributed by atoms with Crippen LogP contribution in [0.3, 0.4) is 0 Å². The topological polar surface area (TPSA) is 62.7 Å². The third-order valence-electron chi connectivity index (χ3n) is 6.96. The summed E-state index contributed by atoms with van der Waals surface area (Å²) in [6.45, 7) is 8.00. The van der Waals surface area contributed by atoms with Gasteiger partial charge in [-0.05, 0) is 54.5 Å². The summed E-state index contributed by atoms with van der Waals surface area (Å²) in [7, 11) is 0. The third kappa shape index (κ3) is 5.83. The van der Waals surface area contributed by atoms with Gasteiger partial charge >= 0.3 is 5.97 Å². The predicted octanol–water partition coefficient (Wildman–Crippen LogP) is 6.21. The van der Waals surface area contributed by atoms with Crippen LogP contribution in [0.15, 0.2) is 48.7 Å². The minimum absolute atomic E-state index is 0.0854. The molecule has 0 unspecified atom stereocenters. The van der Waals surface area contributed by atoms with Gasteiger partial charge in [0.2, 0.25) is 0 Å². The molecule has 0 radical (unpaired) electrons. The Morgan fingerprint density at radius 1 is 1.11 bits per heavy atom. The molecule has 3 aromatic rings. The summed E-state index contributed by atoms with van der Waals surface area (Å²) in [6.07, 6.45) is 3.82. The number of hydrogen-bond donors (Lipinski definition) is 1. The predicted molar refractivity (Wildman–Crippen MR) is 137 cm³/mol. The number of carboxylic acid groups (broad SMARTS) is 1. The number of pyridine rings is 1. The Morgan fingerprint density at radius 3 is 2.50 bits per heavy atom. The minimum atomic E-state index is -0.930. The molecule has 1 aliphatic heterocycles. The molecule has 4 rings (SSSR count). The molecule has 1 N–H and O–H groups in total. The fraction of sp³-hybridized carbons (Fsp3) is 0.379. The summed E-state index contributed by atoms with van der Waals surface area (Å²) in [5.41, 5.74) is 4.18. The van der Waals surface area contributed by atoms with Crippen molar-refractivity contribution in [2.75, 3.05) is 24.6 Å². The molecule has 0 spiro atoms. The number of aromatic nitrogens is 1. The number of halogens is 2. The number of anilines is 1. The van der Waals surface area contributed by atoms with Gasteiger partial charge in [-0.2, -0.15) is 0 Å². The lowest BCUT2D eigenvalue weighted by Crippen LogP contribution is -2.38. The van der Waals surface area contributed by atoms with Crippen LogP contribution in [0.1, 0.15) is 43.5 Å². The van der Waals surface area contributed by atoms with Gasteiger partial charge < -0.3 is 14.7 Å². The van der Waals surface area contributed by atoms with E-state index in [4.69, 9.17) is 4.74 Å². The van der Waals surface area contributed by atoms with E-state index in [1.807, 2.05) is 6.92 Å². The van der Waals surface area contributed by atoms with Crippen molar-refractivity contribution in [3.63, 3.8) is 0 Å². The number of aliphatic carboxylic acids is 1. The number of rotatable bonds is 8. The molecular formula is C29H32F2N2O3. The first-order chi connectivity index (χ1) is 17.1. The van der Waals surface area contributed by atoms with Gasteiger partial charge in [0.05, 0.1) is 18.7 Å². The first-order valence-electron chi connectivity index (χ1n) is 12.3. The molecule has 36 heavy (non-hydrogen) atoms. The Bertz CT molecular complexity index is 1250. The molecule has 2 aromatic carbocycles. The summed E-state index contributed by atoms with van der Waals surface area (Å²) in [5, 5.41) is 9.57. The highest BCUT2D eigenvalue weighted by atomic mass is 19.1. The molecular weight excluding hydrogens is 462 g/mol. The highest BCUT2D eigenvalue weighted by molar-refractivity contribution is 5.84. The van der Waals surface area contributed by atoms with Crippen LogP contribution >= 0.6 is 0 Å². The smallest absolute Gasteiger partial charge is 0.307 e. The van der Waals surface area contributed by atoms with Crippen LogP contribution in [0.25, 0.3) is 11.1 Å². The highest BCUT2D eigenvalue weighted by Gasteiger charge is 2.29. The lowest BCUT2D eigenvalue weighted by atomic mass is 9.82. The molecule has 0 saturated carbocycles. The second kappa shape index (κ2) is 10.6. The normalized spacial score (nSPS) is 15.1. The van der Waals surface area contributed by atoms with Gasteiger partial charge in [-0.3, -0.25) is 9.78 Å². The highest BCUT2D eigenvalue weighted by Crippen LogP contribution is 2.40. The summed E-state index contributed by atoms with van der Waals surface area (Å²) in [6, 6.07) is 11.2. The van der Waals surface area contributed by atoms with Crippen molar-refractivity contribution in [2.45, 2.75) is 46.5 Å². The van der Waals surface area contributed by atoms with Crippen molar-refractivity contribution in [1.82, 2.24) is 4.98 Å². The van der Waals surface area contributed by atoms with Gasteiger partial charge in [0.1, 0.15) is 5.82 Å². The molecule has 1 aromatic heterocycles. The summed E-state index contributed by atoms with van der Waals surface area (Å²) >= 11 is 0. The number of hydrogen-bond acceptors (Lipinski definition) is 4. The Labute approximate surface area is 210 Å². The summed E-state index contributed by atoms with van der Waals surface area (Å²) in [5.74, 6) is -1.69. The Balaban J connectivity index is 1.62. The molecule has 0 aliphatic carbocycles. The molecule has 5 nitrogen and oxygen atoms in total. The fourth-order valence-corrected chi connectivity index (χ4v) is 4.66. The number of nitrogens with zero attached hydrogens (tertiary/aromatic N) is 2. The van der Waals surface area contributed by atoms with Crippen molar-refractivity contribution in [1.29, 1.82) is 0 Å². The van der Waals surface area contributed by atoms with E-state index in [1.165, 1.54) is 12.1 Å². The lowest BCUT2D eigenvalue weighted by molar-refractivity contribution is -0.136. The Hall–Kier alpha value is -3.48. The lowest BCUT2D eigenvalue weighted by Gasteiger charge is -2.40. The van der Waals surface area contributed by atoms with Crippen LogP contribution in [0.2, 0.25) is 0 Å². The zero-order chi connectivity index (χ0) is 25.9. The van der Waals surface area contributed by atoms with Crippen molar-refractivity contribution in [3.05, 3.63) is 77.1 Å². The Kier molecular flexibility index (Phi) is 7.57. The van der Waals surface area contributed by atoms with E-state index < -0.39 is 11.8 Å². The molecule has 0 bridgehead atoms. The van der Waals surface area contributed by atoms with Crippen LogP contribution in [0.4, 0.5) is 14.5 Å². The molecule has 1 aliphatic rings.